The van der Waals surface area contributed by atoms with Gasteiger partial charge in [0.25, 0.3) is 11.5 Å². The molecule has 1 aromatic heterocycles. The number of pyridine rings is 1. The van der Waals surface area contributed by atoms with E-state index in [1.807, 2.05) is 11.0 Å². The highest BCUT2D eigenvalue weighted by Crippen LogP contribution is 2.28. The number of rotatable bonds is 15. The number of hydrogen-bond acceptors (Lipinski definition) is 6. The van der Waals surface area contributed by atoms with Crippen LogP contribution in [0.5, 0.6) is 5.88 Å². The summed E-state index contributed by atoms with van der Waals surface area (Å²) in [6.45, 7) is 11.8. The Morgan fingerprint density at radius 3 is 2.16 bits per heavy atom. The number of unbranched alkanes of at least 4 members (excludes halogenated alkanes) is 3. The molecule has 2 aromatic rings. The number of nitriles is 1. The number of amides is 1. The summed E-state index contributed by atoms with van der Waals surface area (Å²) in [5.74, 6) is -0.112. The molecule has 1 heterocycles. The molecule has 0 bridgehead atoms. The molecule has 206 valence electrons. The number of carbonyl (C=O) groups excluding carboxylic acids is 1. The van der Waals surface area contributed by atoms with Crippen LogP contribution in [0.1, 0.15) is 101 Å². The van der Waals surface area contributed by atoms with Gasteiger partial charge in [-0.2, -0.15) is 10.4 Å². The van der Waals surface area contributed by atoms with E-state index < -0.39 is 5.56 Å². The van der Waals surface area contributed by atoms with Crippen LogP contribution in [-0.4, -0.2) is 33.6 Å². The Labute approximate surface area is 227 Å². The van der Waals surface area contributed by atoms with Gasteiger partial charge in [-0.3, -0.25) is 14.2 Å². The van der Waals surface area contributed by atoms with Gasteiger partial charge < -0.3 is 10.0 Å². The zero-order valence-electron chi connectivity index (χ0n) is 23.7. The topological polar surface area (TPSA) is 111 Å². The van der Waals surface area contributed by atoms with Gasteiger partial charge >= 0.3 is 0 Å². The van der Waals surface area contributed by atoms with E-state index in [-0.39, 0.29) is 29.0 Å². The molecule has 0 saturated carbocycles. The standard InChI is InChI=1S/C30H43N5O3/c1-6-10-13-23(9-4)21-35-29(37)26(20-31)22(5)27(30(35)38)33-32-25-16-14-24(15-17-25)28(36)34(18-11-7-2)19-12-8-3/h14-17,23,37H,6-13,18-19,21H2,1-5H3. The van der Waals surface area contributed by atoms with E-state index in [2.05, 4.69) is 37.9 Å². The molecule has 0 aliphatic carbocycles. The summed E-state index contributed by atoms with van der Waals surface area (Å²) in [4.78, 5) is 28.2. The molecule has 1 aromatic carbocycles. The molecule has 0 saturated heterocycles. The van der Waals surface area contributed by atoms with Gasteiger partial charge in [0.1, 0.15) is 11.6 Å². The molecule has 0 aliphatic rings. The van der Waals surface area contributed by atoms with Gasteiger partial charge in [0.15, 0.2) is 5.69 Å². The van der Waals surface area contributed by atoms with Crippen LogP contribution < -0.4 is 5.56 Å². The first-order chi connectivity index (χ1) is 18.3. The summed E-state index contributed by atoms with van der Waals surface area (Å²) < 4.78 is 1.26. The van der Waals surface area contributed by atoms with Crippen molar-refractivity contribution in [3.63, 3.8) is 0 Å². The van der Waals surface area contributed by atoms with Crippen LogP contribution in [0.25, 0.3) is 0 Å². The van der Waals surface area contributed by atoms with Gasteiger partial charge in [0, 0.05) is 30.8 Å². The number of hydrogen-bond donors (Lipinski definition) is 1. The molecule has 0 spiro atoms. The van der Waals surface area contributed by atoms with Crippen LogP contribution in [0.4, 0.5) is 11.4 Å². The number of nitrogens with zero attached hydrogens (tertiary/aromatic N) is 5. The van der Waals surface area contributed by atoms with Gasteiger partial charge in [0.05, 0.1) is 5.69 Å². The second kappa shape index (κ2) is 15.7. The van der Waals surface area contributed by atoms with E-state index >= 15 is 0 Å². The lowest BCUT2D eigenvalue weighted by molar-refractivity contribution is 0.0751. The minimum Gasteiger partial charge on any atom is -0.493 e. The molecular formula is C30H43N5O3. The lowest BCUT2D eigenvalue weighted by atomic mass is 9.99. The normalized spacial score (nSPS) is 12.0. The minimum absolute atomic E-state index is 0.000123. The number of aromatic hydroxyl groups is 1. The van der Waals surface area contributed by atoms with Crippen molar-refractivity contribution in [1.82, 2.24) is 9.47 Å². The highest BCUT2D eigenvalue weighted by atomic mass is 16.3. The summed E-state index contributed by atoms with van der Waals surface area (Å²) in [5, 5.41) is 28.8. The first kappa shape index (κ1) is 30.8. The SMILES string of the molecule is CCCCC(CC)Cn1c(O)c(C#N)c(C)c(N=Nc2ccc(C(=O)N(CCCC)CCCC)cc2)c1=O. The largest absolute Gasteiger partial charge is 0.493 e. The maximum absolute atomic E-state index is 13.3. The highest BCUT2D eigenvalue weighted by molar-refractivity contribution is 5.94. The molecule has 8 heteroatoms. The number of carbonyl (C=O) groups is 1. The van der Waals surface area contributed by atoms with Gasteiger partial charge in [-0.25, -0.2) is 0 Å². The van der Waals surface area contributed by atoms with Crippen LogP contribution >= 0.6 is 0 Å². The first-order valence-electron chi connectivity index (χ1n) is 14.0. The van der Waals surface area contributed by atoms with Crippen LogP contribution in [-0.2, 0) is 6.54 Å². The molecule has 1 N–H and O–H groups in total. The van der Waals surface area contributed by atoms with E-state index in [0.29, 0.717) is 23.4 Å². The van der Waals surface area contributed by atoms with E-state index in [9.17, 15) is 20.0 Å². The van der Waals surface area contributed by atoms with Gasteiger partial charge in [-0.05, 0) is 56.4 Å². The first-order valence-corrected chi connectivity index (χ1v) is 14.0. The van der Waals surface area contributed by atoms with Gasteiger partial charge in [-0.1, -0.05) is 59.8 Å². The van der Waals surface area contributed by atoms with Crippen molar-refractivity contribution in [3.05, 3.63) is 51.3 Å². The maximum atomic E-state index is 13.3. The lowest BCUT2D eigenvalue weighted by Crippen LogP contribution is -2.32. The maximum Gasteiger partial charge on any atom is 0.281 e. The molecule has 1 amide bonds. The van der Waals surface area contributed by atoms with Crippen molar-refractivity contribution in [2.75, 3.05) is 13.1 Å². The predicted octanol–water partition coefficient (Wildman–Crippen LogP) is 7.41. The van der Waals surface area contributed by atoms with Gasteiger partial charge in [-0.15, -0.1) is 5.11 Å². The van der Waals surface area contributed by atoms with Crippen molar-refractivity contribution in [1.29, 1.82) is 5.26 Å². The molecule has 0 aliphatic heterocycles. The van der Waals surface area contributed by atoms with Crippen molar-refractivity contribution >= 4 is 17.3 Å². The monoisotopic (exact) mass is 521 g/mol. The van der Waals surface area contributed by atoms with Gasteiger partial charge in [0.2, 0.25) is 5.88 Å². The summed E-state index contributed by atoms with van der Waals surface area (Å²) in [6.07, 6.45) is 7.86. The molecule has 38 heavy (non-hydrogen) atoms. The number of azo groups is 1. The van der Waals surface area contributed by atoms with Crippen molar-refractivity contribution in [2.45, 2.75) is 92.5 Å². The van der Waals surface area contributed by atoms with E-state index in [1.165, 1.54) is 4.57 Å². The quantitative estimate of drug-likeness (QED) is 0.246. The average molecular weight is 522 g/mol. The molecular weight excluding hydrogens is 478 g/mol. The van der Waals surface area contributed by atoms with E-state index in [4.69, 9.17) is 0 Å². The summed E-state index contributed by atoms with van der Waals surface area (Å²) in [5.41, 5.74) is 0.974. The highest BCUT2D eigenvalue weighted by Gasteiger charge is 2.21. The van der Waals surface area contributed by atoms with E-state index in [0.717, 1.165) is 64.5 Å². The Bertz CT molecular complexity index is 1170. The average Bonchev–Trinajstić information content (AvgIpc) is 2.93. The zero-order chi connectivity index (χ0) is 28.1. The molecule has 0 fully saturated rings. The zero-order valence-corrected chi connectivity index (χ0v) is 23.7. The second-order valence-electron chi connectivity index (χ2n) is 9.86. The number of benzene rings is 1. The third kappa shape index (κ3) is 8.01. The molecule has 8 nitrogen and oxygen atoms in total. The third-order valence-electron chi connectivity index (χ3n) is 6.98. The Balaban J connectivity index is 2.34. The summed E-state index contributed by atoms with van der Waals surface area (Å²) in [6, 6.07) is 8.86. The fraction of sp³-hybridized carbons (Fsp3) is 0.567. The molecule has 1 atom stereocenters. The van der Waals surface area contributed by atoms with E-state index in [1.54, 1.807) is 31.2 Å². The second-order valence-corrected chi connectivity index (χ2v) is 9.86. The molecule has 2 rings (SSSR count). The van der Waals surface area contributed by atoms with Crippen LogP contribution in [0, 0.1) is 24.2 Å². The Kier molecular flexibility index (Phi) is 12.7. The predicted molar refractivity (Wildman–Crippen MR) is 151 cm³/mol. The fourth-order valence-electron chi connectivity index (χ4n) is 4.38. The summed E-state index contributed by atoms with van der Waals surface area (Å²) in [7, 11) is 0. The van der Waals surface area contributed by atoms with Crippen LogP contribution in [0.2, 0.25) is 0 Å². The van der Waals surface area contributed by atoms with Crippen LogP contribution in [0.3, 0.4) is 0 Å². The summed E-state index contributed by atoms with van der Waals surface area (Å²) >= 11 is 0. The van der Waals surface area contributed by atoms with Crippen LogP contribution in [0.15, 0.2) is 39.3 Å². The molecule has 0 radical (unpaired) electrons. The lowest BCUT2D eigenvalue weighted by Gasteiger charge is -2.22. The minimum atomic E-state index is -0.466. The molecule has 1 unspecified atom stereocenters. The van der Waals surface area contributed by atoms with Crippen molar-refractivity contribution in [3.8, 4) is 11.9 Å². The fourth-order valence-corrected chi connectivity index (χ4v) is 4.38. The Hall–Kier alpha value is -3.47. The Morgan fingerprint density at radius 2 is 1.63 bits per heavy atom. The Morgan fingerprint density at radius 1 is 1.03 bits per heavy atom. The third-order valence-corrected chi connectivity index (χ3v) is 6.98. The van der Waals surface area contributed by atoms with Crippen molar-refractivity contribution in [2.24, 2.45) is 16.1 Å². The number of aromatic nitrogens is 1. The smallest absolute Gasteiger partial charge is 0.281 e. The van der Waals surface area contributed by atoms with Crippen molar-refractivity contribution < 1.29 is 9.90 Å².